The van der Waals surface area contributed by atoms with Crippen molar-refractivity contribution < 1.29 is 9.59 Å². The number of aryl methyl sites for hydroxylation is 1. The summed E-state index contributed by atoms with van der Waals surface area (Å²) in [5, 5.41) is 5.82. The van der Waals surface area contributed by atoms with Gasteiger partial charge in [-0.15, -0.1) is 0 Å². The summed E-state index contributed by atoms with van der Waals surface area (Å²) in [6.45, 7) is 0. The van der Waals surface area contributed by atoms with Crippen LogP contribution < -0.4 is 10.6 Å². The molecule has 27 heavy (non-hydrogen) atoms. The fourth-order valence-electron chi connectivity index (χ4n) is 3.00. The van der Waals surface area contributed by atoms with E-state index < -0.39 is 0 Å². The van der Waals surface area contributed by atoms with Crippen molar-refractivity contribution >= 4 is 28.5 Å². The maximum atomic E-state index is 12.2. The Labute approximate surface area is 157 Å². The van der Waals surface area contributed by atoms with E-state index >= 15 is 0 Å². The van der Waals surface area contributed by atoms with E-state index in [0.717, 1.165) is 29.7 Å². The summed E-state index contributed by atoms with van der Waals surface area (Å²) in [4.78, 5) is 32.1. The lowest BCUT2D eigenvalue weighted by Gasteiger charge is -2.08. The Morgan fingerprint density at radius 2 is 1.96 bits per heavy atom. The summed E-state index contributed by atoms with van der Waals surface area (Å²) in [6, 6.07) is 15.3. The number of fused-ring (bicyclic) bond motifs is 1. The second kappa shape index (κ2) is 7.61. The molecule has 2 amide bonds. The molecule has 2 aromatic carbocycles. The zero-order valence-electron chi connectivity index (χ0n) is 15.0. The fourth-order valence-corrected chi connectivity index (χ4v) is 3.00. The molecule has 0 bridgehead atoms. The Morgan fingerprint density at radius 1 is 1.11 bits per heavy atom. The van der Waals surface area contributed by atoms with Crippen LogP contribution in [0, 0.1) is 0 Å². The van der Waals surface area contributed by atoms with E-state index in [9.17, 15) is 9.59 Å². The first-order valence-corrected chi connectivity index (χ1v) is 9.32. The van der Waals surface area contributed by atoms with E-state index in [0.29, 0.717) is 36.6 Å². The SMILES string of the molecule is O=C(CCCc1nc2ccccc2[nH]1)Nc1cccc(C(=O)NC2CC2)c1. The van der Waals surface area contributed by atoms with Crippen molar-refractivity contribution in [2.75, 3.05) is 5.32 Å². The fraction of sp³-hybridized carbons (Fsp3) is 0.286. The van der Waals surface area contributed by atoms with Crippen molar-refractivity contribution in [1.29, 1.82) is 0 Å². The van der Waals surface area contributed by atoms with Gasteiger partial charge in [0.2, 0.25) is 5.91 Å². The number of H-pyrrole nitrogens is 1. The van der Waals surface area contributed by atoms with E-state index in [1.54, 1.807) is 24.3 Å². The van der Waals surface area contributed by atoms with Gasteiger partial charge in [-0.05, 0) is 49.6 Å². The number of carbonyl (C=O) groups excluding carboxylic acids is 2. The zero-order chi connectivity index (χ0) is 18.6. The van der Waals surface area contributed by atoms with Gasteiger partial charge in [-0.25, -0.2) is 4.98 Å². The molecule has 1 aromatic heterocycles. The predicted octanol–water partition coefficient (Wildman–Crippen LogP) is 3.42. The quantitative estimate of drug-likeness (QED) is 0.602. The van der Waals surface area contributed by atoms with Crippen LogP contribution in [0.1, 0.15) is 41.9 Å². The van der Waals surface area contributed by atoms with Crippen molar-refractivity contribution in [1.82, 2.24) is 15.3 Å². The number of rotatable bonds is 7. The van der Waals surface area contributed by atoms with Crippen LogP contribution in [-0.4, -0.2) is 27.8 Å². The Kier molecular flexibility index (Phi) is 4.87. The highest BCUT2D eigenvalue weighted by Gasteiger charge is 2.23. The first kappa shape index (κ1) is 17.3. The van der Waals surface area contributed by atoms with Gasteiger partial charge in [-0.1, -0.05) is 18.2 Å². The van der Waals surface area contributed by atoms with Crippen LogP contribution in [-0.2, 0) is 11.2 Å². The molecule has 1 aliphatic rings. The van der Waals surface area contributed by atoms with Crippen LogP contribution in [0.5, 0.6) is 0 Å². The molecule has 0 unspecified atom stereocenters. The topological polar surface area (TPSA) is 86.9 Å². The number of carbonyl (C=O) groups is 2. The summed E-state index contributed by atoms with van der Waals surface area (Å²) < 4.78 is 0. The Balaban J connectivity index is 1.28. The lowest BCUT2D eigenvalue weighted by molar-refractivity contribution is -0.116. The maximum Gasteiger partial charge on any atom is 0.251 e. The van der Waals surface area contributed by atoms with E-state index in [-0.39, 0.29) is 11.8 Å². The monoisotopic (exact) mass is 362 g/mol. The maximum absolute atomic E-state index is 12.2. The molecule has 3 N–H and O–H groups in total. The van der Waals surface area contributed by atoms with Crippen LogP contribution in [0.25, 0.3) is 11.0 Å². The minimum atomic E-state index is -0.0847. The zero-order valence-corrected chi connectivity index (χ0v) is 15.0. The van der Waals surface area contributed by atoms with Crippen LogP contribution in [0.2, 0.25) is 0 Å². The van der Waals surface area contributed by atoms with Crippen LogP contribution in [0.3, 0.4) is 0 Å². The number of amides is 2. The van der Waals surface area contributed by atoms with Crippen molar-refractivity contribution in [2.24, 2.45) is 0 Å². The summed E-state index contributed by atoms with van der Waals surface area (Å²) in [5.41, 5.74) is 3.17. The van der Waals surface area contributed by atoms with Gasteiger partial charge in [-0.3, -0.25) is 9.59 Å². The molecular formula is C21H22N4O2. The van der Waals surface area contributed by atoms with Crippen LogP contribution in [0.15, 0.2) is 48.5 Å². The number of anilines is 1. The molecule has 1 heterocycles. The van der Waals surface area contributed by atoms with Gasteiger partial charge in [0.15, 0.2) is 0 Å². The van der Waals surface area contributed by atoms with Gasteiger partial charge < -0.3 is 15.6 Å². The lowest BCUT2D eigenvalue weighted by Crippen LogP contribution is -2.25. The Bertz CT molecular complexity index is 942. The Hall–Kier alpha value is -3.15. The smallest absolute Gasteiger partial charge is 0.251 e. The number of aromatic amines is 1. The van der Waals surface area contributed by atoms with E-state index in [2.05, 4.69) is 20.6 Å². The number of benzene rings is 2. The first-order chi connectivity index (χ1) is 13.2. The molecule has 1 saturated carbocycles. The molecule has 1 fully saturated rings. The number of aromatic nitrogens is 2. The molecule has 3 aromatic rings. The van der Waals surface area contributed by atoms with Crippen molar-refractivity contribution in [2.45, 2.75) is 38.1 Å². The number of nitrogens with zero attached hydrogens (tertiary/aromatic N) is 1. The molecule has 0 atom stereocenters. The molecule has 4 rings (SSSR count). The Morgan fingerprint density at radius 3 is 2.78 bits per heavy atom. The van der Waals surface area contributed by atoms with Gasteiger partial charge in [-0.2, -0.15) is 0 Å². The average molecular weight is 362 g/mol. The minimum Gasteiger partial charge on any atom is -0.349 e. The normalized spacial score (nSPS) is 13.5. The molecule has 6 heteroatoms. The minimum absolute atomic E-state index is 0.0640. The second-order valence-corrected chi connectivity index (χ2v) is 6.93. The van der Waals surface area contributed by atoms with Crippen molar-refractivity contribution in [3.05, 3.63) is 59.9 Å². The highest BCUT2D eigenvalue weighted by molar-refractivity contribution is 5.97. The van der Waals surface area contributed by atoms with E-state index in [1.807, 2.05) is 24.3 Å². The highest BCUT2D eigenvalue weighted by Crippen LogP contribution is 2.20. The molecule has 0 saturated heterocycles. The largest absolute Gasteiger partial charge is 0.349 e. The van der Waals surface area contributed by atoms with Crippen LogP contribution >= 0.6 is 0 Å². The molecule has 6 nitrogen and oxygen atoms in total. The molecule has 1 aliphatic carbocycles. The molecule has 138 valence electrons. The van der Waals surface area contributed by atoms with Gasteiger partial charge in [0.25, 0.3) is 5.91 Å². The van der Waals surface area contributed by atoms with Gasteiger partial charge in [0.1, 0.15) is 5.82 Å². The number of para-hydroxylation sites is 2. The van der Waals surface area contributed by atoms with E-state index in [1.165, 1.54) is 0 Å². The number of hydrogen-bond acceptors (Lipinski definition) is 3. The standard InChI is InChI=1S/C21H22N4O2/c26-20(10-4-9-19-24-17-7-1-2-8-18(17)25-19)22-16-6-3-5-14(13-16)21(27)23-15-11-12-15/h1-3,5-8,13,15H,4,9-12H2,(H,22,26)(H,23,27)(H,24,25). The molecule has 0 spiro atoms. The highest BCUT2D eigenvalue weighted by atomic mass is 16.2. The molecule has 0 radical (unpaired) electrons. The predicted molar refractivity (Wildman–Crippen MR) is 105 cm³/mol. The summed E-state index contributed by atoms with van der Waals surface area (Å²) in [5.74, 6) is 0.743. The third-order valence-corrected chi connectivity index (χ3v) is 4.58. The number of imidazole rings is 1. The summed E-state index contributed by atoms with van der Waals surface area (Å²) in [7, 11) is 0. The van der Waals surface area contributed by atoms with Gasteiger partial charge >= 0.3 is 0 Å². The van der Waals surface area contributed by atoms with Crippen LogP contribution in [0.4, 0.5) is 5.69 Å². The third kappa shape index (κ3) is 4.53. The molecule has 0 aliphatic heterocycles. The summed E-state index contributed by atoms with van der Waals surface area (Å²) in [6.07, 6.45) is 3.91. The van der Waals surface area contributed by atoms with Crippen molar-refractivity contribution in [3.8, 4) is 0 Å². The third-order valence-electron chi connectivity index (χ3n) is 4.58. The van der Waals surface area contributed by atoms with Crippen molar-refractivity contribution in [3.63, 3.8) is 0 Å². The number of hydrogen-bond donors (Lipinski definition) is 3. The average Bonchev–Trinajstić information content (AvgIpc) is 3.38. The first-order valence-electron chi connectivity index (χ1n) is 9.32. The van der Waals surface area contributed by atoms with Gasteiger partial charge in [0.05, 0.1) is 11.0 Å². The number of nitrogens with one attached hydrogen (secondary N) is 3. The second-order valence-electron chi connectivity index (χ2n) is 6.93. The van der Waals surface area contributed by atoms with E-state index in [4.69, 9.17) is 0 Å². The van der Waals surface area contributed by atoms with Gasteiger partial charge in [0, 0.05) is 30.1 Å². The lowest BCUT2D eigenvalue weighted by atomic mass is 10.1. The summed E-state index contributed by atoms with van der Waals surface area (Å²) >= 11 is 0. The molecular weight excluding hydrogens is 340 g/mol.